The molecule has 1 aromatic rings. The predicted octanol–water partition coefficient (Wildman–Crippen LogP) is 6.67. The number of rotatable bonds is 8. The molecule has 0 aliphatic carbocycles. The lowest BCUT2D eigenvalue weighted by atomic mass is 9.91. The Hall–Kier alpha value is -3.02. The third-order valence-electron chi connectivity index (χ3n) is 8.60. The van der Waals surface area contributed by atoms with Gasteiger partial charge < -0.3 is 28.9 Å². The van der Waals surface area contributed by atoms with Crippen molar-refractivity contribution >= 4 is 23.6 Å². The fraction of sp³-hybridized carbons (Fsp3) is 0.727. The number of carbonyl (C=O) groups excluding carboxylic acids is 3. The first-order chi connectivity index (χ1) is 21.1. The van der Waals surface area contributed by atoms with Crippen molar-refractivity contribution in [3.63, 3.8) is 0 Å². The van der Waals surface area contributed by atoms with Crippen LogP contribution in [0.1, 0.15) is 102 Å². The number of piperidine rings is 1. The van der Waals surface area contributed by atoms with Gasteiger partial charge in [0, 0.05) is 44.8 Å². The Morgan fingerprint density at radius 2 is 1.78 bits per heavy atom. The highest BCUT2D eigenvalue weighted by atomic mass is 19.4. The molecule has 0 aromatic heterocycles. The van der Waals surface area contributed by atoms with Gasteiger partial charge in [0.2, 0.25) is 0 Å². The Labute approximate surface area is 264 Å². The number of anilines is 1. The third-order valence-corrected chi connectivity index (χ3v) is 8.60. The van der Waals surface area contributed by atoms with Crippen LogP contribution in [-0.2, 0) is 20.4 Å². The van der Waals surface area contributed by atoms with Crippen LogP contribution in [0.15, 0.2) is 12.1 Å². The van der Waals surface area contributed by atoms with Crippen LogP contribution >= 0.6 is 0 Å². The molecule has 0 bridgehead atoms. The highest BCUT2D eigenvalue weighted by Crippen LogP contribution is 2.44. The van der Waals surface area contributed by atoms with Crippen molar-refractivity contribution in [2.24, 2.45) is 5.92 Å². The molecule has 252 valence electrons. The lowest BCUT2D eigenvalue weighted by Crippen LogP contribution is -2.54. The van der Waals surface area contributed by atoms with Gasteiger partial charge in [-0.25, -0.2) is 4.79 Å². The number of unbranched alkanes of at least 4 members (excludes halogenated alkanes) is 2. The van der Waals surface area contributed by atoms with Crippen molar-refractivity contribution in [3.8, 4) is 5.75 Å². The maximum atomic E-state index is 14.7. The van der Waals surface area contributed by atoms with E-state index in [1.54, 1.807) is 34.6 Å². The van der Waals surface area contributed by atoms with Crippen LogP contribution in [0.3, 0.4) is 0 Å². The fourth-order valence-corrected chi connectivity index (χ4v) is 6.45. The van der Waals surface area contributed by atoms with Crippen LogP contribution in [0.25, 0.3) is 0 Å². The predicted molar refractivity (Wildman–Crippen MR) is 163 cm³/mol. The second kappa shape index (κ2) is 14.2. The number of hydrogen-bond acceptors (Lipinski definition) is 6. The number of ether oxygens (including phenoxy) is 3. The maximum Gasteiger partial charge on any atom is 0.417 e. The first-order valence-electron chi connectivity index (χ1n) is 16.2. The van der Waals surface area contributed by atoms with E-state index >= 15 is 0 Å². The summed E-state index contributed by atoms with van der Waals surface area (Å²) in [4.78, 5) is 45.4. The van der Waals surface area contributed by atoms with Gasteiger partial charge in [-0.3, -0.25) is 9.59 Å². The van der Waals surface area contributed by atoms with Crippen LogP contribution in [0.4, 0.5) is 23.7 Å². The lowest BCUT2D eigenvalue weighted by Gasteiger charge is -2.42. The van der Waals surface area contributed by atoms with Crippen LogP contribution in [-0.4, -0.2) is 84.3 Å². The number of likely N-dealkylation sites (tertiary alicyclic amines) is 1. The topological polar surface area (TPSA) is 88.6 Å². The number of alkyl halides is 3. The molecule has 12 heteroatoms. The minimum Gasteiger partial charge on any atom is -0.478 e. The molecule has 2 saturated heterocycles. The standard InChI is InChI=1S/C33H48F3N3O6/c1-7-8-9-15-38-26-18-24(25(33(34,35)36)19-27(26)44-28(30(38)41)22-12-16-43-17-13-22)29(40)39(21(2)3)23-11-10-14-37(20-23)31(42)45-32(4,5)6/h18-19,21-23,28H,7-17,20H2,1-6H3/t23-,28?/m1/s1. The molecule has 2 atom stereocenters. The first kappa shape index (κ1) is 34.8. The monoisotopic (exact) mass is 639 g/mol. The number of nitrogens with zero attached hydrogens (tertiary/aromatic N) is 3. The molecule has 4 rings (SSSR count). The largest absolute Gasteiger partial charge is 0.478 e. The molecular weight excluding hydrogens is 591 g/mol. The van der Waals surface area contributed by atoms with Gasteiger partial charge in [0.1, 0.15) is 11.4 Å². The van der Waals surface area contributed by atoms with Crippen LogP contribution in [0, 0.1) is 5.92 Å². The van der Waals surface area contributed by atoms with E-state index in [1.165, 1.54) is 20.8 Å². The van der Waals surface area contributed by atoms with E-state index in [9.17, 15) is 27.6 Å². The Balaban J connectivity index is 1.73. The van der Waals surface area contributed by atoms with Gasteiger partial charge in [-0.2, -0.15) is 13.2 Å². The molecule has 1 aromatic carbocycles. The Morgan fingerprint density at radius 1 is 1.09 bits per heavy atom. The zero-order chi connectivity index (χ0) is 33.1. The Morgan fingerprint density at radius 3 is 2.38 bits per heavy atom. The summed E-state index contributed by atoms with van der Waals surface area (Å²) in [6.07, 6.45) is -1.67. The zero-order valence-electron chi connectivity index (χ0n) is 27.4. The van der Waals surface area contributed by atoms with Crippen molar-refractivity contribution in [2.75, 3.05) is 37.7 Å². The van der Waals surface area contributed by atoms with E-state index in [-0.39, 0.29) is 29.8 Å². The molecule has 9 nitrogen and oxygen atoms in total. The summed E-state index contributed by atoms with van der Waals surface area (Å²) in [5.41, 5.74) is -2.18. The average molecular weight is 640 g/mol. The lowest BCUT2D eigenvalue weighted by molar-refractivity contribution is -0.138. The molecule has 2 fully saturated rings. The molecule has 0 saturated carbocycles. The first-order valence-corrected chi connectivity index (χ1v) is 16.2. The molecule has 0 radical (unpaired) electrons. The summed E-state index contributed by atoms with van der Waals surface area (Å²) in [7, 11) is 0. The van der Waals surface area contributed by atoms with E-state index in [4.69, 9.17) is 14.2 Å². The average Bonchev–Trinajstić information content (AvgIpc) is 2.96. The minimum absolute atomic E-state index is 0.0451. The SMILES string of the molecule is CCCCCN1C(=O)C(C2CCOCC2)Oc2cc(C(F)(F)F)c(C(=O)N(C(C)C)[C@@H]3CCCN(C(=O)OC(C)(C)C)C3)cc21. The molecule has 3 amide bonds. The molecule has 0 spiro atoms. The van der Waals surface area contributed by atoms with Crippen molar-refractivity contribution in [1.29, 1.82) is 0 Å². The molecule has 3 aliphatic heterocycles. The summed E-state index contributed by atoms with van der Waals surface area (Å²) < 4.78 is 61.1. The number of halogens is 3. The molecule has 3 heterocycles. The quantitative estimate of drug-likeness (QED) is 0.296. The minimum atomic E-state index is -4.86. The number of hydrogen-bond donors (Lipinski definition) is 0. The second-order valence-corrected chi connectivity index (χ2v) is 13.6. The number of fused-ring (bicyclic) bond motifs is 1. The second-order valence-electron chi connectivity index (χ2n) is 13.6. The number of benzene rings is 1. The van der Waals surface area contributed by atoms with Gasteiger partial charge in [-0.05, 0) is 78.9 Å². The molecule has 3 aliphatic rings. The summed E-state index contributed by atoms with van der Waals surface area (Å²) in [5.74, 6) is -1.33. The van der Waals surface area contributed by atoms with Gasteiger partial charge in [-0.1, -0.05) is 19.8 Å². The summed E-state index contributed by atoms with van der Waals surface area (Å²) in [5, 5.41) is 0. The van der Waals surface area contributed by atoms with Crippen molar-refractivity contribution in [2.45, 2.75) is 116 Å². The van der Waals surface area contributed by atoms with E-state index < -0.39 is 53.1 Å². The van der Waals surface area contributed by atoms with E-state index in [0.717, 1.165) is 18.9 Å². The maximum absolute atomic E-state index is 14.7. The fourth-order valence-electron chi connectivity index (χ4n) is 6.45. The number of carbonyl (C=O) groups is 3. The highest BCUT2D eigenvalue weighted by Gasteiger charge is 2.45. The molecule has 45 heavy (non-hydrogen) atoms. The number of amides is 3. The zero-order valence-corrected chi connectivity index (χ0v) is 27.4. The van der Waals surface area contributed by atoms with E-state index in [2.05, 4.69) is 0 Å². The van der Waals surface area contributed by atoms with E-state index in [1.807, 2.05) is 6.92 Å². The smallest absolute Gasteiger partial charge is 0.417 e. The van der Waals surface area contributed by atoms with Crippen molar-refractivity contribution < 1.29 is 41.8 Å². The highest BCUT2D eigenvalue weighted by molar-refractivity contribution is 6.03. The van der Waals surface area contributed by atoms with Crippen molar-refractivity contribution in [3.05, 3.63) is 23.3 Å². The van der Waals surface area contributed by atoms with Gasteiger partial charge in [0.05, 0.1) is 22.9 Å². The molecule has 1 unspecified atom stereocenters. The van der Waals surface area contributed by atoms with Crippen molar-refractivity contribution in [1.82, 2.24) is 9.80 Å². The molecular formula is C33H48F3N3O6. The van der Waals surface area contributed by atoms with Gasteiger partial charge in [-0.15, -0.1) is 0 Å². The van der Waals surface area contributed by atoms with Crippen LogP contribution < -0.4 is 9.64 Å². The summed E-state index contributed by atoms with van der Waals surface area (Å²) in [6.45, 7) is 12.6. The summed E-state index contributed by atoms with van der Waals surface area (Å²) >= 11 is 0. The summed E-state index contributed by atoms with van der Waals surface area (Å²) in [6, 6.07) is 1.09. The van der Waals surface area contributed by atoms with Gasteiger partial charge in [0.25, 0.3) is 11.8 Å². The Bertz CT molecular complexity index is 1230. The van der Waals surface area contributed by atoms with Gasteiger partial charge >= 0.3 is 12.3 Å². The Kier molecular flexibility index (Phi) is 11.0. The van der Waals surface area contributed by atoms with Gasteiger partial charge in [0.15, 0.2) is 6.10 Å². The molecule has 0 N–H and O–H groups in total. The third kappa shape index (κ3) is 8.23. The normalized spacial score (nSPS) is 21.4. The van der Waals surface area contributed by atoms with Crippen LogP contribution in [0.5, 0.6) is 5.75 Å². The van der Waals surface area contributed by atoms with Crippen LogP contribution in [0.2, 0.25) is 0 Å². The van der Waals surface area contributed by atoms with E-state index in [0.29, 0.717) is 58.4 Å².